The van der Waals surface area contributed by atoms with Gasteiger partial charge in [-0.25, -0.2) is 0 Å². The molecule has 1 saturated heterocycles. The van der Waals surface area contributed by atoms with Gasteiger partial charge in [-0.2, -0.15) is 0 Å². The SMILES string of the molecule is CN1CCC(c2ccc(-c3ccc(Cl)cc3)cc2)C1=O. The number of carbonyl (C=O) groups excluding carboxylic acids is 1. The lowest BCUT2D eigenvalue weighted by Crippen LogP contribution is -2.21. The molecule has 0 spiro atoms. The maximum atomic E-state index is 12.0. The number of hydrogen-bond acceptors (Lipinski definition) is 1. The van der Waals surface area contributed by atoms with E-state index in [4.69, 9.17) is 11.6 Å². The van der Waals surface area contributed by atoms with Crippen molar-refractivity contribution in [3.05, 3.63) is 59.1 Å². The topological polar surface area (TPSA) is 20.3 Å². The van der Waals surface area contributed by atoms with Crippen LogP contribution in [0.1, 0.15) is 17.9 Å². The monoisotopic (exact) mass is 285 g/mol. The van der Waals surface area contributed by atoms with Crippen LogP contribution in [0.4, 0.5) is 0 Å². The summed E-state index contributed by atoms with van der Waals surface area (Å²) in [5, 5.41) is 0.741. The van der Waals surface area contributed by atoms with Crippen LogP contribution >= 0.6 is 11.6 Å². The Morgan fingerprint density at radius 1 is 1.00 bits per heavy atom. The van der Waals surface area contributed by atoms with E-state index in [1.54, 1.807) is 4.90 Å². The predicted molar refractivity (Wildman–Crippen MR) is 81.9 cm³/mol. The average molecular weight is 286 g/mol. The first-order valence-corrected chi connectivity index (χ1v) is 7.14. The van der Waals surface area contributed by atoms with Crippen molar-refractivity contribution in [2.75, 3.05) is 13.6 Å². The Kier molecular flexibility index (Phi) is 3.49. The van der Waals surface area contributed by atoms with Gasteiger partial charge in [-0.05, 0) is 35.2 Å². The smallest absolute Gasteiger partial charge is 0.229 e. The highest BCUT2D eigenvalue weighted by atomic mass is 35.5. The van der Waals surface area contributed by atoms with E-state index in [2.05, 4.69) is 24.3 Å². The van der Waals surface area contributed by atoms with E-state index >= 15 is 0 Å². The molecule has 20 heavy (non-hydrogen) atoms. The van der Waals surface area contributed by atoms with Gasteiger partial charge in [0.1, 0.15) is 0 Å². The van der Waals surface area contributed by atoms with Crippen LogP contribution in [-0.4, -0.2) is 24.4 Å². The van der Waals surface area contributed by atoms with Crippen LogP contribution in [0.5, 0.6) is 0 Å². The Morgan fingerprint density at radius 2 is 1.55 bits per heavy atom. The van der Waals surface area contributed by atoms with E-state index in [0.717, 1.165) is 34.7 Å². The summed E-state index contributed by atoms with van der Waals surface area (Å²) in [6.45, 7) is 0.850. The molecule has 0 bridgehead atoms. The molecule has 3 heteroatoms. The van der Waals surface area contributed by atoms with Crippen molar-refractivity contribution in [2.45, 2.75) is 12.3 Å². The summed E-state index contributed by atoms with van der Waals surface area (Å²) < 4.78 is 0. The number of nitrogens with zero attached hydrogens (tertiary/aromatic N) is 1. The van der Waals surface area contributed by atoms with E-state index in [1.807, 2.05) is 31.3 Å². The molecule has 0 saturated carbocycles. The van der Waals surface area contributed by atoms with Crippen LogP contribution in [0.25, 0.3) is 11.1 Å². The number of rotatable bonds is 2. The second-order valence-electron chi connectivity index (χ2n) is 5.23. The molecule has 2 aromatic carbocycles. The zero-order valence-electron chi connectivity index (χ0n) is 11.3. The molecule has 0 aromatic heterocycles. The minimum absolute atomic E-state index is 0.0271. The first-order chi connectivity index (χ1) is 9.65. The Hall–Kier alpha value is -1.80. The lowest BCUT2D eigenvalue weighted by Gasteiger charge is -2.11. The van der Waals surface area contributed by atoms with E-state index < -0.39 is 0 Å². The third-order valence-electron chi connectivity index (χ3n) is 3.92. The molecule has 0 N–H and O–H groups in total. The Balaban J connectivity index is 1.85. The maximum absolute atomic E-state index is 12.0. The fourth-order valence-electron chi connectivity index (χ4n) is 2.68. The molecule has 1 fully saturated rings. The quantitative estimate of drug-likeness (QED) is 0.818. The normalized spacial score (nSPS) is 18.6. The van der Waals surface area contributed by atoms with E-state index in [9.17, 15) is 4.79 Å². The first kappa shape index (κ1) is 13.2. The van der Waals surface area contributed by atoms with Gasteiger partial charge in [0.05, 0.1) is 5.92 Å². The van der Waals surface area contributed by atoms with Gasteiger partial charge in [0, 0.05) is 18.6 Å². The van der Waals surface area contributed by atoms with Gasteiger partial charge < -0.3 is 4.90 Å². The number of halogens is 1. The zero-order valence-corrected chi connectivity index (χ0v) is 12.1. The van der Waals surface area contributed by atoms with Gasteiger partial charge in [-0.1, -0.05) is 48.0 Å². The van der Waals surface area contributed by atoms with Crippen molar-refractivity contribution in [1.82, 2.24) is 4.90 Å². The summed E-state index contributed by atoms with van der Waals surface area (Å²) >= 11 is 5.90. The fraction of sp³-hybridized carbons (Fsp3) is 0.235. The molecule has 1 aliphatic rings. The third-order valence-corrected chi connectivity index (χ3v) is 4.17. The summed E-state index contributed by atoms with van der Waals surface area (Å²) in [5.41, 5.74) is 3.39. The van der Waals surface area contributed by atoms with Crippen LogP contribution in [0, 0.1) is 0 Å². The molecular formula is C17H16ClNO. The average Bonchev–Trinajstić information content (AvgIpc) is 2.80. The van der Waals surface area contributed by atoms with Crippen LogP contribution in [0.3, 0.4) is 0 Å². The molecular weight excluding hydrogens is 270 g/mol. The molecule has 1 heterocycles. The summed E-state index contributed by atoms with van der Waals surface area (Å²) in [6, 6.07) is 16.1. The zero-order chi connectivity index (χ0) is 14.1. The molecule has 3 rings (SSSR count). The van der Waals surface area contributed by atoms with Crippen molar-refractivity contribution < 1.29 is 4.79 Å². The minimum atomic E-state index is 0.0271. The third kappa shape index (κ3) is 2.44. The second kappa shape index (κ2) is 5.29. The van der Waals surface area contributed by atoms with Crippen LogP contribution in [0.2, 0.25) is 5.02 Å². The van der Waals surface area contributed by atoms with Gasteiger partial charge in [-0.15, -0.1) is 0 Å². The summed E-state index contributed by atoms with van der Waals surface area (Å²) in [7, 11) is 1.87. The number of hydrogen-bond donors (Lipinski definition) is 0. The van der Waals surface area contributed by atoms with Crippen LogP contribution in [-0.2, 0) is 4.79 Å². The Labute approximate surface area is 124 Å². The van der Waals surface area contributed by atoms with Crippen molar-refractivity contribution in [2.24, 2.45) is 0 Å². The van der Waals surface area contributed by atoms with Gasteiger partial charge >= 0.3 is 0 Å². The van der Waals surface area contributed by atoms with Gasteiger partial charge in [0.15, 0.2) is 0 Å². The van der Waals surface area contributed by atoms with Gasteiger partial charge in [0.2, 0.25) is 5.91 Å². The number of likely N-dealkylation sites (tertiary alicyclic amines) is 1. The fourth-order valence-corrected chi connectivity index (χ4v) is 2.81. The number of carbonyl (C=O) groups is 1. The molecule has 1 aliphatic heterocycles. The largest absolute Gasteiger partial charge is 0.345 e. The molecule has 2 aromatic rings. The maximum Gasteiger partial charge on any atom is 0.229 e. The van der Waals surface area contributed by atoms with Crippen molar-refractivity contribution >= 4 is 17.5 Å². The highest BCUT2D eigenvalue weighted by Gasteiger charge is 2.30. The van der Waals surface area contributed by atoms with Crippen molar-refractivity contribution in [3.8, 4) is 11.1 Å². The van der Waals surface area contributed by atoms with E-state index in [0.29, 0.717) is 0 Å². The molecule has 102 valence electrons. The highest BCUT2D eigenvalue weighted by molar-refractivity contribution is 6.30. The Morgan fingerprint density at radius 3 is 2.05 bits per heavy atom. The van der Waals surface area contributed by atoms with Gasteiger partial charge in [-0.3, -0.25) is 4.79 Å². The second-order valence-corrected chi connectivity index (χ2v) is 5.67. The molecule has 1 unspecified atom stereocenters. The molecule has 1 amide bonds. The lowest BCUT2D eigenvalue weighted by atomic mass is 9.95. The van der Waals surface area contributed by atoms with Crippen molar-refractivity contribution in [1.29, 1.82) is 0 Å². The number of benzene rings is 2. The summed E-state index contributed by atoms with van der Waals surface area (Å²) in [4.78, 5) is 13.8. The molecule has 0 aliphatic carbocycles. The minimum Gasteiger partial charge on any atom is -0.345 e. The predicted octanol–water partition coefficient (Wildman–Crippen LogP) is 3.95. The van der Waals surface area contributed by atoms with Crippen LogP contribution in [0.15, 0.2) is 48.5 Å². The summed E-state index contributed by atoms with van der Waals surface area (Å²) in [5.74, 6) is 0.253. The van der Waals surface area contributed by atoms with E-state index in [1.165, 1.54) is 0 Å². The van der Waals surface area contributed by atoms with Gasteiger partial charge in [0.25, 0.3) is 0 Å². The molecule has 0 radical (unpaired) electrons. The molecule has 2 nitrogen and oxygen atoms in total. The standard InChI is InChI=1S/C17H16ClNO/c1-19-11-10-16(17(19)20)14-4-2-12(3-5-14)13-6-8-15(18)9-7-13/h2-9,16H,10-11H2,1H3. The Bertz CT molecular complexity index is 618. The number of amides is 1. The lowest BCUT2D eigenvalue weighted by molar-refractivity contribution is -0.127. The highest BCUT2D eigenvalue weighted by Crippen LogP contribution is 2.29. The van der Waals surface area contributed by atoms with E-state index in [-0.39, 0.29) is 11.8 Å². The molecule has 1 atom stereocenters. The first-order valence-electron chi connectivity index (χ1n) is 6.76. The van der Waals surface area contributed by atoms with Crippen molar-refractivity contribution in [3.63, 3.8) is 0 Å². The number of likely N-dealkylation sites (N-methyl/N-ethyl adjacent to an activating group) is 1. The summed E-state index contributed by atoms with van der Waals surface area (Å²) in [6.07, 6.45) is 0.912. The van der Waals surface area contributed by atoms with Crippen LogP contribution < -0.4 is 0 Å².